The quantitative estimate of drug-likeness (QED) is 0.496. The number of carbonyl (C=O) groups excluding carboxylic acids is 2. The first-order valence-corrected chi connectivity index (χ1v) is 11.0. The molecule has 3 aromatic carbocycles. The molecule has 0 radical (unpaired) electrons. The minimum atomic E-state index is -0.321. The van der Waals surface area contributed by atoms with Crippen molar-refractivity contribution in [3.8, 4) is 0 Å². The molecule has 0 aliphatic carbocycles. The number of carbonyl (C=O) groups is 2. The molecular weight excluding hydrogens is 420 g/mol. The van der Waals surface area contributed by atoms with Gasteiger partial charge in [-0.05, 0) is 67.1 Å². The molecule has 0 atom stereocenters. The summed E-state index contributed by atoms with van der Waals surface area (Å²) in [5.41, 5.74) is 6.33. The zero-order valence-electron chi connectivity index (χ0n) is 18.4. The van der Waals surface area contributed by atoms with E-state index in [4.69, 9.17) is 11.6 Å². The molecular formula is C27H25ClN2O2. The van der Waals surface area contributed by atoms with E-state index in [-0.39, 0.29) is 17.5 Å². The summed E-state index contributed by atoms with van der Waals surface area (Å²) in [5.74, 6) is -0.602. The van der Waals surface area contributed by atoms with Crippen LogP contribution in [0.3, 0.4) is 0 Å². The Morgan fingerprint density at radius 1 is 0.812 bits per heavy atom. The van der Waals surface area contributed by atoms with Crippen LogP contribution in [0.1, 0.15) is 27.8 Å². The third kappa shape index (κ3) is 4.32. The highest BCUT2D eigenvalue weighted by molar-refractivity contribution is 6.36. The van der Waals surface area contributed by atoms with Crippen LogP contribution in [0.5, 0.6) is 0 Å². The second-order valence-electron chi connectivity index (χ2n) is 8.13. The molecule has 0 saturated carbocycles. The van der Waals surface area contributed by atoms with Gasteiger partial charge in [-0.3, -0.25) is 14.5 Å². The number of halogens is 1. The van der Waals surface area contributed by atoms with Gasteiger partial charge in [-0.2, -0.15) is 0 Å². The van der Waals surface area contributed by atoms with Gasteiger partial charge in [0.15, 0.2) is 0 Å². The van der Waals surface area contributed by atoms with Crippen LogP contribution in [-0.2, 0) is 16.0 Å². The normalized spacial score (nSPS) is 13.8. The summed E-state index contributed by atoms with van der Waals surface area (Å²) in [4.78, 5) is 28.2. The van der Waals surface area contributed by atoms with Crippen molar-refractivity contribution in [3.63, 3.8) is 0 Å². The monoisotopic (exact) mass is 444 g/mol. The van der Waals surface area contributed by atoms with Gasteiger partial charge >= 0.3 is 0 Å². The second kappa shape index (κ2) is 9.01. The molecule has 1 N–H and O–H groups in total. The maximum absolute atomic E-state index is 13.5. The summed E-state index contributed by atoms with van der Waals surface area (Å²) in [6.07, 6.45) is 0.599. The molecule has 1 aliphatic rings. The summed E-state index contributed by atoms with van der Waals surface area (Å²) >= 11 is 6.19. The Hall–Kier alpha value is -3.37. The Kier molecular flexibility index (Phi) is 6.15. The van der Waals surface area contributed by atoms with E-state index in [0.717, 1.165) is 27.8 Å². The molecule has 5 heteroatoms. The number of anilines is 1. The predicted octanol–water partition coefficient (Wildman–Crippen LogP) is 5.70. The van der Waals surface area contributed by atoms with Gasteiger partial charge in [-0.1, -0.05) is 66.2 Å². The van der Waals surface area contributed by atoms with Gasteiger partial charge in [0.25, 0.3) is 11.8 Å². The van der Waals surface area contributed by atoms with E-state index in [2.05, 4.69) is 5.32 Å². The molecule has 2 amide bonds. The van der Waals surface area contributed by atoms with Gasteiger partial charge in [0, 0.05) is 17.3 Å². The predicted molar refractivity (Wildman–Crippen MR) is 130 cm³/mol. The Labute approximate surface area is 193 Å². The van der Waals surface area contributed by atoms with Gasteiger partial charge in [0.05, 0.1) is 5.57 Å². The molecule has 4 rings (SSSR count). The van der Waals surface area contributed by atoms with Crippen molar-refractivity contribution in [2.75, 3.05) is 11.9 Å². The highest BCUT2D eigenvalue weighted by atomic mass is 35.5. The van der Waals surface area contributed by atoms with Crippen LogP contribution in [0.25, 0.3) is 5.57 Å². The fraction of sp³-hybridized carbons (Fsp3) is 0.185. The lowest BCUT2D eigenvalue weighted by atomic mass is 9.99. The van der Waals surface area contributed by atoms with Gasteiger partial charge < -0.3 is 5.32 Å². The maximum Gasteiger partial charge on any atom is 0.278 e. The summed E-state index contributed by atoms with van der Waals surface area (Å²) in [6, 6.07) is 21.1. The standard InChI is InChI=1S/C27H25ClN2O2/c1-17-9-11-21(15-19(17)3)24-25(29-23-16-22(28)12-10-18(23)2)27(32)30(26(24)31)14-13-20-7-5-4-6-8-20/h4-12,15-16,29H,13-14H2,1-3H3. The van der Waals surface area contributed by atoms with Gasteiger partial charge in [0.2, 0.25) is 0 Å². The van der Waals surface area contributed by atoms with Crippen LogP contribution in [0.2, 0.25) is 5.02 Å². The van der Waals surface area contributed by atoms with E-state index in [1.165, 1.54) is 4.90 Å². The molecule has 0 saturated heterocycles. The van der Waals surface area contributed by atoms with E-state index in [1.807, 2.05) is 75.4 Å². The minimum absolute atomic E-state index is 0.281. The lowest BCUT2D eigenvalue weighted by Crippen LogP contribution is -2.34. The van der Waals surface area contributed by atoms with Crippen molar-refractivity contribution in [2.24, 2.45) is 0 Å². The van der Waals surface area contributed by atoms with Crippen LogP contribution in [0.4, 0.5) is 5.69 Å². The topological polar surface area (TPSA) is 49.4 Å². The van der Waals surface area contributed by atoms with Crippen LogP contribution >= 0.6 is 11.6 Å². The van der Waals surface area contributed by atoms with Crippen LogP contribution in [0, 0.1) is 20.8 Å². The smallest absolute Gasteiger partial charge is 0.278 e. The van der Waals surface area contributed by atoms with Gasteiger partial charge in [0.1, 0.15) is 5.70 Å². The number of nitrogens with one attached hydrogen (secondary N) is 1. The van der Waals surface area contributed by atoms with Gasteiger partial charge in [-0.15, -0.1) is 0 Å². The molecule has 0 spiro atoms. The molecule has 1 aliphatic heterocycles. The first-order valence-electron chi connectivity index (χ1n) is 10.6. The number of hydrogen-bond donors (Lipinski definition) is 1. The molecule has 4 nitrogen and oxygen atoms in total. The van der Waals surface area contributed by atoms with E-state index >= 15 is 0 Å². The number of aryl methyl sites for hydroxylation is 3. The summed E-state index contributed by atoms with van der Waals surface area (Å²) < 4.78 is 0. The average Bonchev–Trinajstić information content (AvgIpc) is 3.01. The van der Waals surface area contributed by atoms with Crippen molar-refractivity contribution < 1.29 is 9.59 Å². The molecule has 0 aromatic heterocycles. The molecule has 1 heterocycles. The fourth-order valence-corrected chi connectivity index (χ4v) is 3.98. The lowest BCUT2D eigenvalue weighted by molar-refractivity contribution is -0.136. The van der Waals surface area contributed by atoms with Crippen LogP contribution in [0.15, 0.2) is 72.4 Å². The van der Waals surface area contributed by atoms with E-state index < -0.39 is 0 Å². The first kappa shape index (κ1) is 21.8. The maximum atomic E-state index is 13.5. The van der Waals surface area contributed by atoms with Crippen molar-refractivity contribution in [3.05, 3.63) is 105 Å². The number of hydrogen-bond acceptors (Lipinski definition) is 3. The van der Waals surface area contributed by atoms with Crippen molar-refractivity contribution >= 4 is 34.7 Å². The molecule has 162 valence electrons. The third-order valence-corrected chi connectivity index (χ3v) is 6.12. The molecule has 0 unspecified atom stereocenters. The summed E-state index contributed by atoms with van der Waals surface area (Å²) in [5, 5.41) is 3.78. The minimum Gasteiger partial charge on any atom is -0.350 e. The molecule has 0 fully saturated rings. The lowest BCUT2D eigenvalue weighted by Gasteiger charge is -2.16. The largest absolute Gasteiger partial charge is 0.350 e. The third-order valence-electron chi connectivity index (χ3n) is 5.89. The average molecular weight is 445 g/mol. The van der Waals surface area contributed by atoms with Crippen molar-refractivity contribution in [2.45, 2.75) is 27.2 Å². The number of benzene rings is 3. The van der Waals surface area contributed by atoms with E-state index in [1.54, 1.807) is 12.1 Å². The molecule has 3 aromatic rings. The number of imide groups is 1. The Morgan fingerprint density at radius 2 is 1.53 bits per heavy atom. The fourth-order valence-electron chi connectivity index (χ4n) is 3.81. The zero-order chi connectivity index (χ0) is 22.8. The molecule has 32 heavy (non-hydrogen) atoms. The Morgan fingerprint density at radius 3 is 2.25 bits per heavy atom. The van der Waals surface area contributed by atoms with E-state index in [9.17, 15) is 9.59 Å². The van der Waals surface area contributed by atoms with Crippen molar-refractivity contribution in [1.82, 2.24) is 4.90 Å². The Balaban J connectivity index is 1.73. The second-order valence-corrected chi connectivity index (χ2v) is 8.57. The Bertz CT molecular complexity index is 1230. The number of rotatable bonds is 6. The highest BCUT2D eigenvalue weighted by Crippen LogP contribution is 2.33. The van der Waals surface area contributed by atoms with Crippen molar-refractivity contribution in [1.29, 1.82) is 0 Å². The number of amides is 2. The molecule has 0 bridgehead atoms. The first-order chi connectivity index (χ1) is 15.3. The summed E-state index contributed by atoms with van der Waals surface area (Å²) in [7, 11) is 0. The van der Waals surface area contributed by atoms with Gasteiger partial charge in [-0.25, -0.2) is 0 Å². The summed E-state index contributed by atoms with van der Waals surface area (Å²) in [6.45, 7) is 6.27. The van der Waals surface area contributed by atoms with Crippen LogP contribution < -0.4 is 5.32 Å². The zero-order valence-corrected chi connectivity index (χ0v) is 19.2. The SMILES string of the molecule is Cc1ccc(C2=C(Nc3cc(Cl)ccc3C)C(=O)N(CCc3ccccc3)C2=O)cc1C. The van der Waals surface area contributed by atoms with Crippen LogP contribution in [-0.4, -0.2) is 23.3 Å². The highest BCUT2D eigenvalue weighted by Gasteiger charge is 2.39. The van der Waals surface area contributed by atoms with E-state index in [0.29, 0.717) is 29.2 Å². The number of nitrogens with zero attached hydrogens (tertiary/aromatic N) is 1.